The van der Waals surface area contributed by atoms with E-state index >= 15 is 0 Å². The van der Waals surface area contributed by atoms with Gasteiger partial charge in [0.1, 0.15) is 5.75 Å². The number of nitrogens with zero attached hydrogens (tertiary/aromatic N) is 1. The zero-order valence-corrected chi connectivity index (χ0v) is 10.8. The molecule has 2 aromatic rings. The second-order valence-corrected chi connectivity index (χ2v) is 4.03. The van der Waals surface area contributed by atoms with Crippen molar-refractivity contribution in [1.82, 2.24) is 15.6 Å². The molecule has 0 spiro atoms. The number of carbonyl (C=O) groups excluding carboxylic acids is 1. The molecule has 104 valence electrons. The summed E-state index contributed by atoms with van der Waals surface area (Å²) < 4.78 is 5.03. The van der Waals surface area contributed by atoms with Crippen LogP contribution in [0.25, 0.3) is 0 Å². The van der Waals surface area contributed by atoms with Crippen LogP contribution in [-0.4, -0.2) is 29.4 Å². The van der Waals surface area contributed by atoms with Crippen LogP contribution in [-0.2, 0) is 11.2 Å². The van der Waals surface area contributed by atoms with Crippen molar-refractivity contribution < 1.29 is 9.53 Å². The standard InChI is InChI=1S/C13H14N4O3/c1-20-11-4-2-9(3-5-11)8-14-16-12(18)6-10-7-13(19)17-15-10/h2-5,7-8H,6H2,1H3,(H,16,18)(H2,15,17,19)/b14-8-. The molecule has 0 saturated carbocycles. The van der Waals surface area contributed by atoms with Crippen molar-refractivity contribution in [2.45, 2.75) is 6.42 Å². The number of H-pyrrole nitrogens is 2. The summed E-state index contributed by atoms with van der Waals surface area (Å²) in [5, 5.41) is 8.78. The number of hydrazone groups is 1. The van der Waals surface area contributed by atoms with Gasteiger partial charge in [-0.1, -0.05) is 0 Å². The zero-order chi connectivity index (χ0) is 14.4. The van der Waals surface area contributed by atoms with E-state index in [0.717, 1.165) is 11.3 Å². The summed E-state index contributed by atoms with van der Waals surface area (Å²) in [4.78, 5) is 22.4. The molecule has 0 unspecified atom stereocenters. The molecule has 0 fully saturated rings. The second-order valence-electron chi connectivity index (χ2n) is 4.03. The van der Waals surface area contributed by atoms with Gasteiger partial charge in [-0.15, -0.1) is 0 Å². The largest absolute Gasteiger partial charge is 0.497 e. The van der Waals surface area contributed by atoms with E-state index in [4.69, 9.17) is 4.74 Å². The molecular weight excluding hydrogens is 260 g/mol. The number of rotatable bonds is 5. The molecule has 2 rings (SSSR count). The maximum atomic E-state index is 11.5. The number of amides is 1. The highest BCUT2D eigenvalue weighted by Gasteiger charge is 2.03. The minimum atomic E-state index is -0.315. The number of carbonyl (C=O) groups is 1. The molecule has 0 aliphatic rings. The van der Waals surface area contributed by atoms with E-state index in [1.807, 2.05) is 12.1 Å². The lowest BCUT2D eigenvalue weighted by molar-refractivity contribution is -0.120. The van der Waals surface area contributed by atoms with Crippen molar-refractivity contribution in [2.24, 2.45) is 5.10 Å². The number of benzene rings is 1. The van der Waals surface area contributed by atoms with Crippen molar-refractivity contribution in [2.75, 3.05) is 7.11 Å². The Balaban J connectivity index is 1.85. The van der Waals surface area contributed by atoms with Gasteiger partial charge in [-0.3, -0.25) is 14.7 Å². The Labute approximate surface area is 114 Å². The molecule has 1 heterocycles. The Kier molecular flexibility index (Phi) is 4.33. The lowest BCUT2D eigenvalue weighted by Gasteiger charge is -1.99. The van der Waals surface area contributed by atoms with Gasteiger partial charge in [0.15, 0.2) is 0 Å². The molecule has 0 aliphatic heterocycles. The summed E-state index contributed by atoms with van der Waals surface area (Å²) in [6.45, 7) is 0. The fourth-order valence-electron chi connectivity index (χ4n) is 1.55. The molecule has 0 atom stereocenters. The first-order chi connectivity index (χ1) is 9.67. The number of aromatic nitrogens is 2. The van der Waals surface area contributed by atoms with Crippen LogP contribution in [0.3, 0.4) is 0 Å². The Hall–Kier alpha value is -2.83. The van der Waals surface area contributed by atoms with Crippen molar-refractivity contribution in [3.63, 3.8) is 0 Å². The van der Waals surface area contributed by atoms with Gasteiger partial charge in [0, 0.05) is 11.8 Å². The van der Waals surface area contributed by atoms with Crippen LogP contribution in [0.5, 0.6) is 5.75 Å². The van der Waals surface area contributed by atoms with Crippen molar-refractivity contribution in [3.05, 3.63) is 51.9 Å². The Bertz CT molecular complexity index is 655. The molecule has 1 amide bonds. The number of hydrogen-bond donors (Lipinski definition) is 3. The molecule has 20 heavy (non-hydrogen) atoms. The molecule has 1 aromatic carbocycles. The highest BCUT2D eigenvalue weighted by atomic mass is 16.5. The summed E-state index contributed by atoms with van der Waals surface area (Å²) in [6.07, 6.45) is 1.58. The van der Waals surface area contributed by atoms with Gasteiger partial charge in [-0.05, 0) is 29.8 Å². The first-order valence-electron chi connectivity index (χ1n) is 5.90. The number of hydrogen-bond acceptors (Lipinski definition) is 4. The maximum absolute atomic E-state index is 11.5. The lowest BCUT2D eigenvalue weighted by Crippen LogP contribution is -2.20. The normalized spacial score (nSPS) is 10.7. The quantitative estimate of drug-likeness (QED) is 0.543. The van der Waals surface area contributed by atoms with E-state index in [1.165, 1.54) is 12.3 Å². The maximum Gasteiger partial charge on any atom is 0.264 e. The van der Waals surface area contributed by atoms with E-state index in [0.29, 0.717) is 5.69 Å². The second kappa shape index (κ2) is 6.37. The molecule has 0 saturated heterocycles. The first kappa shape index (κ1) is 13.6. The van der Waals surface area contributed by atoms with Crippen molar-refractivity contribution >= 4 is 12.1 Å². The van der Waals surface area contributed by atoms with E-state index < -0.39 is 0 Å². The number of methoxy groups -OCH3 is 1. The molecule has 0 bridgehead atoms. The van der Waals surface area contributed by atoms with Crippen LogP contribution in [0.1, 0.15) is 11.3 Å². The van der Waals surface area contributed by atoms with E-state index in [2.05, 4.69) is 20.7 Å². The van der Waals surface area contributed by atoms with Crippen LogP contribution >= 0.6 is 0 Å². The highest BCUT2D eigenvalue weighted by Crippen LogP contribution is 2.09. The summed E-state index contributed by atoms with van der Waals surface area (Å²) in [7, 11) is 1.59. The molecule has 7 nitrogen and oxygen atoms in total. The van der Waals surface area contributed by atoms with Gasteiger partial charge in [-0.25, -0.2) is 5.43 Å². The average molecular weight is 274 g/mol. The molecule has 1 aromatic heterocycles. The Morgan fingerprint density at radius 2 is 2.10 bits per heavy atom. The Morgan fingerprint density at radius 1 is 1.35 bits per heavy atom. The van der Waals surface area contributed by atoms with Gasteiger partial charge in [-0.2, -0.15) is 5.10 Å². The molecular formula is C13H14N4O3. The molecule has 3 N–H and O–H groups in total. The van der Waals surface area contributed by atoms with E-state index in [1.54, 1.807) is 19.2 Å². The summed E-state index contributed by atoms with van der Waals surface area (Å²) in [5.41, 5.74) is 3.45. The molecule has 7 heteroatoms. The predicted octanol–water partition coefficient (Wildman–Crippen LogP) is 0.404. The van der Waals surface area contributed by atoms with Gasteiger partial charge in [0.2, 0.25) is 5.91 Å². The van der Waals surface area contributed by atoms with Crippen LogP contribution in [0.4, 0.5) is 0 Å². The number of aromatic amines is 2. The fourth-order valence-corrected chi connectivity index (χ4v) is 1.55. The van der Waals surface area contributed by atoms with Crippen LogP contribution in [0.15, 0.2) is 40.2 Å². The summed E-state index contributed by atoms with van der Waals surface area (Å²) >= 11 is 0. The van der Waals surface area contributed by atoms with Gasteiger partial charge >= 0.3 is 0 Å². The third-order valence-electron chi connectivity index (χ3n) is 2.52. The first-order valence-corrected chi connectivity index (χ1v) is 5.90. The molecule has 0 radical (unpaired) electrons. The summed E-state index contributed by atoms with van der Waals surface area (Å²) in [5.74, 6) is 0.438. The minimum absolute atomic E-state index is 0.0543. The van der Waals surface area contributed by atoms with E-state index in [-0.39, 0.29) is 17.9 Å². The third kappa shape index (κ3) is 3.84. The predicted molar refractivity (Wildman–Crippen MR) is 73.8 cm³/mol. The van der Waals surface area contributed by atoms with Crippen molar-refractivity contribution in [1.29, 1.82) is 0 Å². The highest BCUT2D eigenvalue weighted by molar-refractivity contribution is 5.83. The van der Waals surface area contributed by atoms with Crippen LogP contribution in [0, 0.1) is 0 Å². The SMILES string of the molecule is COc1ccc(/C=N\NC(=O)Cc2cc(=O)[nH][nH]2)cc1. The monoisotopic (exact) mass is 274 g/mol. The van der Waals surface area contributed by atoms with Crippen LogP contribution < -0.4 is 15.7 Å². The number of nitrogens with one attached hydrogen (secondary N) is 3. The smallest absolute Gasteiger partial charge is 0.264 e. The third-order valence-corrected chi connectivity index (χ3v) is 2.52. The number of ether oxygens (including phenoxy) is 1. The van der Waals surface area contributed by atoms with E-state index in [9.17, 15) is 9.59 Å². The molecule has 0 aliphatic carbocycles. The van der Waals surface area contributed by atoms with Gasteiger partial charge in [0.25, 0.3) is 5.56 Å². The fraction of sp³-hybridized carbons (Fsp3) is 0.154. The average Bonchev–Trinajstić information content (AvgIpc) is 2.85. The zero-order valence-electron chi connectivity index (χ0n) is 10.8. The Morgan fingerprint density at radius 3 is 2.70 bits per heavy atom. The lowest BCUT2D eigenvalue weighted by atomic mass is 10.2. The van der Waals surface area contributed by atoms with Crippen molar-refractivity contribution in [3.8, 4) is 5.75 Å². The summed E-state index contributed by atoms with van der Waals surface area (Å²) in [6, 6.07) is 8.56. The van der Waals surface area contributed by atoms with Crippen LogP contribution in [0.2, 0.25) is 0 Å². The van der Waals surface area contributed by atoms with Gasteiger partial charge < -0.3 is 9.84 Å². The van der Waals surface area contributed by atoms with Gasteiger partial charge in [0.05, 0.1) is 19.7 Å². The topological polar surface area (TPSA) is 99.3 Å². The minimum Gasteiger partial charge on any atom is -0.497 e.